The Bertz CT molecular complexity index is 1420. The van der Waals surface area contributed by atoms with Gasteiger partial charge in [-0.1, -0.05) is 34.1 Å². The molecule has 34 heavy (non-hydrogen) atoms. The molecule has 0 fully saturated rings. The van der Waals surface area contributed by atoms with Crippen molar-refractivity contribution >= 4 is 55.2 Å². The lowest BCUT2D eigenvalue weighted by atomic mass is 10.1. The van der Waals surface area contributed by atoms with Crippen LogP contribution in [0, 0.1) is 0 Å². The minimum absolute atomic E-state index is 0.0460. The number of carboxylic acid groups (broad SMARTS) is 2. The smallest absolute Gasteiger partial charge is 0.337 e. The fourth-order valence-electron chi connectivity index (χ4n) is 3.73. The van der Waals surface area contributed by atoms with Gasteiger partial charge in [0.1, 0.15) is 6.04 Å². The van der Waals surface area contributed by atoms with Crippen LogP contribution in [0.3, 0.4) is 0 Å². The van der Waals surface area contributed by atoms with E-state index < -0.39 is 33.9 Å². The lowest BCUT2D eigenvalue weighted by molar-refractivity contribution is -0.138. The highest BCUT2D eigenvalue weighted by Gasteiger charge is 2.42. The fraction of sp³-hybridized carbons (Fsp3) is 0.0870. The van der Waals surface area contributed by atoms with Gasteiger partial charge in [0.05, 0.1) is 21.8 Å². The molecule has 1 aliphatic rings. The number of halogens is 1. The van der Waals surface area contributed by atoms with E-state index in [1.54, 1.807) is 30.3 Å². The van der Waals surface area contributed by atoms with E-state index in [4.69, 9.17) is 0 Å². The van der Waals surface area contributed by atoms with Crippen LogP contribution in [0.2, 0.25) is 0 Å². The number of hydrogen-bond donors (Lipinski definition) is 3. The first-order valence-corrected chi connectivity index (χ1v) is 12.1. The van der Waals surface area contributed by atoms with Crippen LogP contribution in [0.4, 0.5) is 11.4 Å². The summed E-state index contributed by atoms with van der Waals surface area (Å²) in [5.74, 6) is -3.12. The number of para-hydroxylation sites is 1. The van der Waals surface area contributed by atoms with Gasteiger partial charge in [-0.15, -0.1) is 0 Å². The van der Waals surface area contributed by atoms with Gasteiger partial charge >= 0.3 is 11.9 Å². The van der Waals surface area contributed by atoms with Gasteiger partial charge in [0.2, 0.25) is 0 Å². The van der Waals surface area contributed by atoms with Gasteiger partial charge in [0.25, 0.3) is 15.9 Å². The van der Waals surface area contributed by atoms with E-state index in [0.717, 1.165) is 4.31 Å². The number of nitrogens with one attached hydrogen (secondary N) is 1. The van der Waals surface area contributed by atoms with Crippen molar-refractivity contribution in [2.45, 2.75) is 17.4 Å². The van der Waals surface area contributed by atoms with E-state index in [1.807, 2.05) is 0 Å². The van der Waals surface area contributed by atoms with Gasteiger partial charge in [-0.3, -0.25) is 9.10 Å². The number of benzene rings is 3. The second-order valence-electron chi connectivity index (χ2n) is 7.46. The number of carbonyl (C=O) groups excluding carboxylic acids is 1. The first-order valence-electron chi connectivity index (χ1n) is 9.89. The number of sulfonamides is 1. The molecule has 0 radical (unpaired) electrons. The van der Waals surface area contributed by atoms with Crippen molar-refractivity contribution in [3.05, 3.63) is 87.9 Å². The fourth-order valence-corrected chi connectivity index (χ4v) is 5.74. The van der Waals surface area contributed by atoms with E-state index in [-0.39, 0.29) is 28.1 Å². The number of rotatable bonds is 6. The van der Waals surface area contributed by atoms with Crippen molar-refractivity contribution in [3.63, 3.8) is 0 Å². The molecule has 3 aromatic rings. The molecule has 0 saturated carbocycles. The molecule has 1 heterocycles. The topological polar surface area (TPSA) is 141 Å². The van der Waals surface area contributed by atoms with Crippen molar-refractivity contribution in [1.82, 2.24) is 0 Å². The Morgan fingerprint density at radius 1 is 0.971 bits per heavy atom. The first-order chi connectivity index (χ1) is 16.1. The average molecular weight is 545 g/mol. The molecule has 4 rings (SSSR count). The number of aromatic carboxylic acids is 1. The molecule has 1 aliphatic heterocycles. The Balaban J connectivity index is 1.62. The van der Waals surface area contributed by atoms with Crippen molar-refractivity contribution < 1.29 is 33.0 Å². The molecule has 174 valence electrons. The summed E-state index contributed by atoms with van der Waals surface area (Å²) in [6.45, 7) is 0. The van der Waals surface area contributed by atoms with Crippen molar-refractivity contribution in [1.29, 1.82) is 0 Å². The summed E-state index contributed by atoms with van der Waals surface area (Å²) in [7, 11) is -4.23. The highest BCUT2D eigenvalue weighted by Crippen LogP contribution is 2.37. The number of hydrogen-bond acceptors (Lipinski definition) is 5. The zero-order valence-electron chi connectivity index (χ0n) is 17.3. The molecule has 1 unspecified atom stereocenters. The summed E-state index contributed by atoms with van der Waals surface area (Å²) < 4.78 is 28.1. The Labute approximate surface area is 202 Å². The van der Waals surface area contributed by atoms with Crippen LogP contribution in [0.25, 0.3) is 0 Å². The number of carboxylic acids is 2. The molecule has 0 bridgehead atoms. The lowest BCUT2D eigenvalue weighted by Crippen LogP contribution is -2.42. The molecular formula is C23H17BrN2O7S. The van der Waals surface area contributed by atoms with E-state index in [2.05, 4.69) is 21.2 Å². The molecule has 9 nitrogen and oxygen atoms in total. The summed E-state index contributed by atoms with van der Waals surface area (Å²) in [6.07, 6.45) is 0.0460. The number of nitrogens with zero attached hydrogens (tertiary/aromatic N) is 1. The van der Waals surface area contributed by atoms with Crippen LogP contribution < -0.4 is 9.62 Å². The average Bonchev–Trinajstić information content (AvgIpc) is 3.21. The largest absolute Gasteiger partial charge is 0.480 e. The molecule has 0 spiro atoms. The van der Waals surface area contributed by atoms with Crippen LogP contribution in [0.1, 0.15) is 26.3 Å². The van der Waals surface area contributed by atoms with Gasteiger partial charge in [-0.2, -0.15) is 0 Å². The standard InChI is InChI=1S/C23H17BrN2O7S/c24-15-7-10-18(17(12-15)22(28)29)25-21(27)13-5-8-16(9-6-13)34(32,33)26-19-4-2-1-3-14(19)11-20(26)23(30)31/h1-10,12,20H,11H2,(H,25,27)(H,28,29)(H,30,31). The third kappa shape index (κ3) is 4.27. The third-order valence-electron chi connectivity index (χ3n) is 5.34. The Hall–Kier alpha value is -3.70. The van der Waals surface area contributed by atoms with Gasteiger partial charge < -0.3 is 15.5 Å². The van der Waals surface area contributed by atoms with Crippen molar-refractivity contribution in [2.75, 3.05) is 9.62 Å². The predicted molar refractivity (Wildman–Crippen MR) is 127 cm³/mol. The minimum atomic E-state index is -4.23. The van der Waals surface area contributed by atoms with Crippen LogP contribution in [0.15, 0.2) is 76.1 Å². The van der Waals surface area contributed by atoms with E-state index in [9.17, 15) is 33.0 Å². The normalized spacial score (nSPS) is 15.0. The quantitative estimate of drug-likeness (QED) is 0.430. The molecule has 0 aliphatic carbocycles. The number of carbonyl (C=O) groups is 3. The van der Waals surface area contributed by atoms with Crippen LogP contribution >= 0.6 is 15.9 Å². The first kappa shape index (κ1) is 23.5. The molecule has 11 heteroatoms. The van der Waals surface area contributed by atoms with Crippen LogP contribution in [0.5, 0.6) is 0 Å². The molecule has 1 atom stereocenters. The van der Waals surface area contributed by atoms with Crippen molar-refractivity contribution in [2.24, 2.45) is 0 Å². The summed E-state index contributed by atoms with van der Waals surface area (Å²) in [6, 6.07) is 14.6. The Morgan fingerprint density at radius 2 is 1.65 bits per heavy atom. The molecular weight excluding hydrogens is 528 g/mol. The zero-order chi connectivity index (χ0) is 24.6. The predicted octanol–water partition coefficient (Wildman–Crippen LogP) is 3.60. The molecule has 3 N–H and O–H groups in total. The van der Waals surface area contributed by atoms with E-state index in [0.29, 0.717) is 15.7 Å². The second-order valence-corrected chi connectivity index (χ2v) is 10.2. The summed E-state index contributed by atoms with van der Waals surface area (Å²) in [4.78, 5) is 35.7. The highest BCUT2D eigenvalue weighted by molar-refractivity contribution is 9.10. The maximum absolute atomic E-state index is 13.3. The summed E-state index contributed by atoms with van der Waals surface area (Å²) >= 11 is 3.18. The summed E-state index contributed by atoms with van der Waals surface area (Å²) in [5, 5.41) is 21.5. The monoisotopic (exact) mass is 544 g/mol. The van der Waals surface area contributed by atoms with Gasteiger partial charge in [0.15, 0.2) is 0 Å². The highest BCUT2D eigenvalue weighted by atomic mass is 79.9. The number of amides is 1. The third-order valence-corrected chi connectivity index (χ3v) is 7.67. The molecule has 0 aromatic heterocycles. The van der Waals surface area contributed by atoms with Crippen molar-refractivity contribution in [3.8, 4) is 0 Å². The SMILES string of the molecule is O=C(Nc1ccc(Br)cc1C(=O)O)c1ccc(S(=O)(=O)N2c3ccccc3CC2C(=O)O)cc1. The molecule has 3 aromatic carbocycles. The number of aliphatic carboxylic acids is 1. The van der Waals surface area contributed by atoms with Gasteiger partial charge in [-0.05, 0) is 54.1 Å². The van der Waals surface area contributed by atoms with Crippen LogP contribution in [-0.4, -0.2) is 42.5 Å². The summed E-state index contributed by atoms with van der Waals surface area (Å²) in [5.41, 5.74) is 0.964. The maximum atomic E-state index is 13.3. The molecule has 1 amide bonds. The molecule has 0 saturated heterocycles. The maximum Gasteiger partial charge on any atom is 0.337 e. The van der Waals surface area contributed by atoms with E-state index in [1.165, 1.54) is 36.4 Å². The zero-order valence-corrected chi connectivity index (χ0v) is 19.7. The lowest BCUT2D eigenvalue weighted by Gasteiger charge is -2.24. The van der Waals surface area contributed by atoms with Gasteiger partial charge in [-0.25, -0.2) is 18.0 Å². The Morgan fingerprint density at radius 3 is 2.29 bits per heavy atom. The Kier molecular flexibility index (Phi) is 6.15. The number of fused-ring (bicyclic) bond motifs is 1. The second kappa shape index (κ2) is 8.92. The van der Waals surface area contributed by atoms with Gasteiger partial charge in [0, 0.05) is 16.5 Å². The van der Waals surface area contributed by atoms with Crippen LogP contribution in [-0.2, 0) is 21.2 Å². The number of anilines is 2. The van der Waals surface area contributed by atoms with E-state index >= 15 is 0 Å². The minimum Gasteiger partial charge on any atom is -0.480 e.